The lowest BCUT2D eigenvalue weighted by atomic mass is 10.1. The molecular weight excluding hydrogens is 348 g/mol. The van der Waals surface area contributed by atoms with Crippen molar-refractivity contribution in [3.8, 4) is 0 Å². The number of halogens is 2. The molecule has 1 aromatic rings. The molecule has 1 fully saturated rings. The quantitative estimate of drug-likeness (QED) is 0.865. The zero-order valence-electron chi connectivity index (χ0n) is 8.87. The summed E-state index contributed by atoms with van der Waals surface area (Å²) in [5, 5.41) is 3.63. The molecule has 96 valence electrons. The van der Waals surface area contributed by atoms with E-state index in [0.717, 1.165) is 30.8 Å². The van der Waals surface area contributed by atoms with Gasteiger partial charge < -0.3 is 5.32 Å². The maximum atomic E-state index is 12.0. The number of sulfonamides is 1. The van der Waals surface area contributed by atoms with Gasteiger partial charge in [0.2, 0.25) is 10.0 Å². The second-order valence-electron chi connectivity index (χ2n) is 3.90. The fourth-order valence-corrected chi connectivity index (χ4v) is 5.21. The summed E-state index contributed by atoms with van der Waals surface area (Å²) in [6.45, 7) is 2.31. The van der Waals surface area contributed by atoms with Gasteiger partial charge in [0, 0.05) is 6.54 Å². The molecule has 8 heteroatoms. The van der Waals surface area contributed by atoms with Crippen molar-refractivity contribution in [1.82, 2.24) is 10.0 Å². The van der Waals surface area contributed by atoms with Crippen molar-refractivity contribution in [3.05, 3.63) is 14.9 Å². The molecule has 0 aromatic carbocycles. The molecule has 17 heavy (non-hydrogen) atoms. The lowest BCUT2D eigenvalue weighted by Crippen LogP contribution is -2.29. The Hall–Kier alpha value is 0.340. The Labute approximate surface area is 118 Å². The molecule has 1 aliphatic heterocycles. The van der Waals surface area contributed by atoms with Gasteiger partial charge in [0.1, 0.15) is 4.21 Å². The number of nitrogens with one attached hydrogen (secondary N) is 2. The van der Waals surface area contributed by atoms with E-state index < -0.39 is 10.0 Å². The Morgan fingerprint density at radius 1 is 1.65 bits per heavy atom. The Balaban J connectivity index is 2.03. The minimum atomic E-state index is -3.42. The van der Waals surface area contributed by atoms with Crippen LogP contribution in [0.3, 0.4) is 0 Å². The van der Waals surface area contributed by atoms with Crippen LogP contribution in [-0.2, 0) is 10.0 Å². The minimum absolute atomic E-state index is 0.250. The van der Waals surface area contributed by atoms with Crippen molar-refractivity contribution in [1.29, 1.82) is 0 Å². The number of thiophene rings is 1. The maximum absolute atomic E-state index is 12.0. The largest absolute Gasteiger partial charge is 0.316 e. The van der Waals surface area contributed by atoms with Crippen molar-refractivity contribution in [2.75, 3.05) is 19.6 Å². The van der Waals surface area contributed by atoms with E-state index >= 15 is 0 Å². The third-order valence-corrected chi connectivity index (χ3v) is 6.98. The van der Waals surface area contributed by atoms with Gasteiger partial charge in [0.05, 0.1) is 8.81 Å². The average Bonchev–Trinajstić information content (AvgIpc) is 2.87. The van der Waals surface area contributed by atoms with Gasteiger partial charge in [-0.05, 0) is 47.4 Å². The van der Waals surface area contributed by atoms with Crippen LogP contribution in [0.2, 0.25) is 5.02 Å². The van der Waals surface area contributed by atoms with Crippen LogP contribution >= 0.6 is 38.9 Å². The second-order valence-corrected chi connectivity index (χ2v) is 8.67. The zero-order valence-corrected chi connectivity index (χ0v) is 12.8. The lowest BCUT2D eigenvalue weighted by molar-refractivity contribution is 0.540. The lowest BCUT2D eigenvalue weighted by Gasteiger charge is -2.09. The molecule has 0 aliphatic carbocycles. The van der Waals surface area contributed by atoms with Gasteiger partial charge in [-0.1, -0.05) is 11.6 Å². The third-order valence-electron chi connectivity index (χ3n) is 2.61. The highest BCUT2D eigenvalue weighted by Gasteiger charge is 2.21. The molecule has 2 N–H and O–H groups in total. The maximum Gasteiger partial charge on any atom is 0.250 e. The summed E-state index contributed by atoms with van der Waals surface area (Å²) in [5.41, 5.74) is 0. The van der Waals surface area contributed by atoms with Gasteiger partial charge in [0.25, 0.3) is 0 Å². The van der Waals surface area contributed by atoms with Gasteiger partial charge in [-0.2, -0.15) is 0 Å². The number of hydrogen-bond acceptors (Lipinski definition) is 4. The predicted molar refractivity (Wildman–Crippen MR) is 73.2 cm³/mol. The molecule has 1 unspecified atom stereocenters. The van der Waals surface area contributed by atoms with Gasteiger partial charge in [-0.25, -0.2) is 13.1 Å². The van der Waals surface area contributed by atoms with Crippen molar-refractivity contribution in [3.63, 3.8) is 0 Å². The molecule has 0 saturated carbocycles. The summed E-state index contributed by atoms with van der Waals surface area (Å²) in [6, 6.07) is 1.46. The van der Waals surface area contributed by atoms with E-state index in [9.17, 15) is 8.42 Å². The van der Waals surface area contributed by atoms with Crippen molar-refractivity contribution in [2.45, 2.75) is 10.6 Å². The van der Waals surface area contributed by atoms with Gasteiger partial charge in [-0.3, -0.25) is 0 Å². The molecule has 1 aromatic heterocycles. The van der Waals surface area contributed by atoms with E-state index in [2.05, 4.69) is 26.0 Å². The van der Waals surface area contributed by atoms with E-state index in [4.69, 9.17) is 11.6 Å². The molecule has 1 atom stereocenters. The molecule has 0 bridgehead atoms. The van der Waals surface area contributed by atoms with Gasteiger partial charge >= 0.3 is 0 Å². The average molecular weight is 360 g/mol. The summed E-state index contributed by atoms with van der Waals surface area (Å²) >= 11 is 10.2. The van der Waals surface area contributed by atoms with E-state index in [-0.39, 0.29) is 4.21 Å². The van der Waals surface area contributed by atoms with Crippen molar-refractivity contribution in [2.24, 2.45) is 5.92 Å². The monoisotopic (exact) mass is 358 g/mol. The molecule has 0 spiro atoms. The fraction of sp³-hybridized carbons (Fsp3) is 0.556. The first-order valence-corrected chi connectivity index (χ1v) is 8.61. The molecule has 0 radical (unpaired) electrons. The third kappa shape index (κ3) is 3.42. The topological polar surface area (TPSA) is 58.2 Å². The first-order chi connectivity index (χ1) is 7.99. The summed E-state index contributed by atoms with van der Waals surface area (Å²) in [7, 11) is -3.42. The first kappa shape index (κ1) is 13.8. The smallest absolute Gasteiger partial charge is 0.250 e. The van der Waals surface area contributed by atoms with E-state index in [1.54, 1.807) is 0 Å². The van der Waals surface area contributed by atoms with Crippen LogP contribution in [0.15, 0.2) is 14.1 Å². The molecule has 4 nitrogen and oxygen atoms in total. The Morgan fingerprint density at radius 2 is 2.41 bits per heavy atom. The van der Waals surface area contributed by atoms with Crippen LogP contribution in [0.25, 0.3) is 0 Å². The molecule has 1 saturated heterocycles. The van der Waals surface area contributed by atoms with Crippen molar-refractivity contribution < 1.29 is 8.42 Å². The fourth-order valence-electron chi connectivity index (χ4n) is 1.65. The van der Waals surface area contributed by atoms with Gasteiger partial charge in [-0.15, -0.1) is 11.3 Å². The molecular formula is C9H12BrClN2O2S2. The first-order valence-electron chi connectivity index (χ1n) is 5.14. The normalized spacial score (nSPS) is 20.9. The summed E-state index contributed by atoms with van der Waals surface area (Å²) in [4.78, 5) is 0. The highest BCUT2D eigenvalue weighted by molar-refractivity contribution is 9.11. The van der Waals surface area contributed by atoms with E-state index in [1.807, 2.05) is 0 Å². The van der Waals surface area contributed by atoms with Crippen LogP contribution < -0.4 is 10.0 Å². The van der Waals surface area contributed by atoms with Crippen LogP contribution in [0.1, 0.15) is 6.42 Å². The predicted octanol–water partition coefficient (Wildman–Crippen LogP) is 2.05. The SMILES string of the molecule is O=S(=O)(NCC1CCNC1)c1cc(Cl)c(Br)s1. The van der Waals surface area contributed by atoms with Crippen LogP contribution in [0.4, 0.5) is 0 Å². The van der Waals surface area contributed by atoms with E-state index in [0.29, 0.717) is 21.3 Å². The Kier molecular flexibility index (Phi) is 4.49. The van der Waals surface area contributed by atoms with Crippen LogP contribution in [0, 0.1) is 5.92 Å². The molecule has 2 heterocycles. The van der Waals surface area contributed by atoms with Crippen LogP contribution in [0.5, 0.6) is 0 Å². The van der Waals surface area contributed by atoms with Gasteiger partial charge in [0.15, 0.2) is 0 Å². The highest BCUT2D eigenvalue weighted by Crippen LogP contribution is 2.34. The molecule has 2 rings (SSSR count). The zero-order chi connectivity index (χ0) is 12.5. The minimum Gasteiger partial charge on any atom is -0.316 e. The number of rotatable bonds is 4. The summed E-state index contributed by atoms with van der Waals surface area (Å²) in [5.74, 6) is 0.378. The summed E-state index contributed by atoms with van der Waals surface area (Å²) in [6.07, 6.45) is 1.01. The van der Waals surface area contributed by atoms with Crippen molar-refractivity contribution >= 4 is 48.9 Å². The second kappa shape index (κ2) is 5.54. The summed E-state index contributed by atoms with van der Waals surface area (Å²) < 4.78 is 27.4. The van der Waals surface area contributed by atoms with Crippen LogP contribution in [-0.4, -0.2) is 28.1 Å². The highest BCUT2D eigenvalue weighted by atomic mass is 79.9. The molecule has 1 aliphatic rings. The Bertz CT molecular complexity index is 478. The molecule has 0 amide bonds. The van der Waals surface area contributed by atoms with E-state index in [1.165, 1.54) is 6.07 Å². The standard InChI is InChI=1S/C9H12BrClN2O2S2/c10-9-7(11)3-8(16-9)17(14,15)13-5-6-1-2-12-4-6/h3,6,12-13H,1-2,4-5H2. The number of hydrogen-bond donors (Lipinski definition) is 2. The Morgan fingerprint density at radius 3 is 2.94 bits per heavy atom.